The largest absolute Gasteiger partial charge is 0.457 e. The number of hydrogen-bond acceptors (Lipinski definition) is 3. The van der Waals surface area contributed by atoms with E-state index in [0.29, 0.717) is 12.2 Å². The van der Waals surface area contributed by atoms with Gasteiger partial charge in [0.05, 0.1) is 6.61 Å². The Balaban J connectivity index is 2.20. The van der Waals surface area contributed by atoms with E-state index >= 15 is 0 Å². The molecule has 0 amide bonds. The topological polar surface area (TPSA) is 35.5 Å². The maximum Gasteiger partial charge on any atom is 0.150 e. The SMILES string of the molecule is COCc1cccc(Oc2ccc(C=O)cc2C)c1. The zero-order valence-corrected chi connectivity index (χ0v) is 11.1. The molecule has 2 aromatic carbocycles. The number of carbonyl (C=O) groups excluding carboxylic acids is 1. The average Bonchev–Trinajstić information content (AvgIpc) is 2.42. The van der Waals surface area contributed by atoms with Gasteiger partial charge in [0.25, 0.3) is 0 Å². The van der Waals surface area contributed by atoms with Gasteiger partial charge in [-0.15, -0.1) is 0 Å². The van der Waals surface area contributed by atoms with Crippen molar-refractivity contribution in [2.24, 2.45) is 0 Å². The van der Waals surface area contributed by atoms with Crippen LogP contribution in [0.15, 0.2) is 42.5 Å². The minimum Gasteiger partial charge on any atom is -0.457 e. The summed E-state index contributed by atoms with van der Waals surface area (Å²) in [6, 6.07) is 13.1. The van der Waals surface area contributed by atoms with Gasteiger partial charge in [0.1, 0.15) is 17.8 Å². The molecule has 0 heterocycles. The van der Waals surface area contributed by atoms with E-state index in [-0.39, 0.29) is 0 Å². The number of ether oxygens (including phenoxy) is 2. The van der Waals surface area contributed by atoms with Crippen LogP contribution in [0.3, 0.4) is 0 Å². The van der Waals surface area contributed by atoms with Crippen LogP contribution in [0.4, 0.5) is 0 Å². The van der Waals surface area contributed by atoms with E-state index in [1.165, 1.54) is 0 Å². The van der Waals surface area contributed by atoms with Crippen LogP contribution < -0.4 is 4.74 Å². The van der Waals surface area contributed by atoms with Crippen molar-refractivity contribution in [1.82, 2.24) is 0 Å². The molecule has 0 atom stereocenters. The van der Waals surface area contributed by atoms with Gasteiger partial charge in [-0.25, -0.2) is 0 Å². The zero-order chi connectivity index (χ0) is 13.7. The lowest BCUT2D eigenvalue weighted by atomic mass is 10.1. The fourth-order valence-electron chi connectivity index (χ4n) is 1.85. The molecule has 0 aliphatic heterocycles. The van der Waals surface area contributed by atoms with Gasteiger partial charge in [0.15, 0.2) is 0 Å². The molecule has 3 nitrogen and oxygen atoms in total. The summed E-state index contributed by atoms with van der Waals surface area (Å²) in [6.07, 6.45) is 0.829. The van der Waals surface area contributed by atoms with Crippen LogP contribution in [-0.2, 0) is 11.3 Å². The van der Waals surface area contributed by atoms with Crippen LogP contribution in [0.25, 0.3) is 0 Å². The average molecular weight is 256 g/mol. The molecule has 0 radical (unpaired) electrons. The molecule has 0 bridgehead atoms. The standard InChI is InChI=1S/C16H16O3/c1-12-8-13(10-17)6-7-16(12)19-15-5-3-4-14(9-15)11-18-2/h3-10H,11H2,1-2H3. The first-order valence-electron chi connectivity index (χ1n) is 6.04. The van der Waals surface area contributed by atoms with Crippen molar-refractivity contribution in [3.63, 3.8) is 0 Å². The van der Waals surface area contributed by atoms with Crippen molar-refractivity contribution in [3.05, 3.63) is 59.2 Å². The van der Waals surface area contributed by atoms with Crippen LogP contribution in [0.1, 0.15) is 21.5 Å². The van der Waals surface area contributed by atoms with E-state index in [9.17, 15) is 4.79 Å². The normalized spacial score (nSPS) is 10.2. The fraction of sp³-hybridized carbons (Fsp3) is 0.188. The van der Waals surface area contributed by atoms with E-state index in [4.69, 9.17) is 9.47 Å². The van der Waals surface area contributed by atoms with Crippen LogP contribution in [0, 0.1) is 6.92 Å². The lowest BCUT2D eigenvalue weighted by Crippen LogP contribution is -1.92. The summed E-state index contributed by atoms with van der Waals surface area (Å²) in [6.45, 7) is 2.47. The quantitative estimate of drug-likeness (QED) is 0.764. The highest BCUT2D eigenvalue weighted by Gasteiger charge is 2.03. The molecular weight excluding hydrogens is 240 g/mol. The summed E-state index contributed by atoms with van der Waals surface area (Å²) in [7, 11) is 1.66. The minimum absolute atomic E-state index is 0.556. The Morgan fingerprint density at radius 3 is 2.68 bits per heavy atom. The second-order valence-corrected chi connectivity index (χ2v) is 4.33. The Bertz CT molecular complexity index is 576. The number of hydrogen-bond donors (Lipinski definition) is 0. The monoisotopic (exact) mass is 256 g/mol. The molecule has 0 aliphatic carbocycles. The van der Waals surface area contributed by atoms with E-state index in [1.807, 2.05) is 37.3 Å². The van der Waals surface area contributed by atoms with Crippen LogP contribution in [-0.4, -0.2) is 13.4 Å². The van der Waals surface area contributed by atoms with Gasteiger partial charge in [-0.2, -0.15) is 0 Å². The van der Waals surface area contributed by atoms with Gasteiger partial charge in [0.2, 0.25) is 0 Å². The number of aryl methyl sites for hydroxylation is 1. The number of carbonyl (C=O) groups is 1. The first-order chi connectivity index (χ1) is 9.22. The Hall–Kier alpha value is -2.13. The molecule has 0 fully saturated rings. The Kier molecular flexibility index (Phi) is 4.31. The molecule has 0 aromatic heterocycles. The summed E-state index contributed by atoms with van der Waals surface area (Å²) in [5.41, 5.74) is 2.64. The summed E-state index contributed by atoms with van der Waals surface area (Å²) in [5.74, 6) is 1.51. The van der Waals surface area contributed by atoms with E-state index in [1.54, 1.807) is 19.2 Å². The predicted octanol–water partition coefficient (Wildman–Crippen LogP) is 3.75. The first kappa shape index (κ1) is 13.3. The molecule has 2 aromatic rings. The van der Waals surface area contributed by atoms with Gasteiger partial charge in [0, 0.05) is 12.7 Å². The predicted molar refractivity (Wildman–Crippen MR) is 73.8 cm³/mol. The van der Waals surface area contributed by atoms with E-state index < -0.39 is 0 Å². The van der Waals surface area contributed by atoms with Gasteiger partial charge in [-0.3, -0.25) is 4.79 Å². The number of rotatable bonds is 5. The molecule has 0 N–H and O–H groups in total. The number of aldehydes is 1. The highest BCUT2D eigenvalue weighted by Crippen LogP contribution is 2.26. The van der Waals surface area contributed by atoms with E-state index in [2.05, 4.69) is 0 Å². The lowest BCUT2D eigenvalue weighted by molar-refractivity contribution is 0.112. The third-order valence-corrected chi connectivity index (χ3v) is 2.77. The van der Waals surface area contributed by atoms with Crippen molar-refractivity contribution in [2.75, 3.05) is 7.11 Å². The second-order valence-electron chi connectivity index (χ2n) is 4.33. The molecule has 98 valence electrons. The molecule has 0 saturated carbocycles. The van der Waals surface area contributed by atoms with Gasteiger partial charge >= 0.3 is 0 Å². The first-order valence-corrected chi connectivity index (χ1v) is 6.04. The van der Waals surface area contributed by atoms with Crippen molar-refractivity contribution in [3.8, 4) is 11.5 Å². The summed E-state index contributed by atoms with van der Waals surface area (Å²) in [5, 5.41) is 0. The smallest absolute Gasteiger partial charge is 0.150 e. The number of benzene rings is 2. The minimum atomic E-state index is 0.556. The number of methoxy groups -OCH3 is 1. The fourth-order valence-corrected chi connectivity index (χ4v) is 1.85. The summed E-state index contributed by atoms with van der Waals surface area (Å²) >= 11 is 0. The van der Waals surface area contributed by atoms with Crippen LogP contribution >= 0.6 is 0 Å². The Morgan fingerprint density at radius 2 is 2.00 bits per heavy atom. The summed E-state index contributed by atoms with van der Waals surface area (Å²) < 4.78 is 10.9. The molecule has 2 rings (SSSR count). The van der Waals surface area contributed by atoms with Gasteiger partial charge in [-0.05, 0) is 48.4 Å². The second kappa shape index (κ2) is 6.16. The van der Waals surface area contributed by atoms with Crippen molar-refractivity contribution < 1.29 is 14.3 Å². The molecule has 0 saturated heterocycles. The van der Waals surface area contributed by atoms with Crippen LogP contribution in [0.2, 0.25) is 0 Å². The third-order valence-electron chi connectivity index (χ3n) is 2.77. The maximum absolute atomic E-state index is 10.7. The van der Waals surface area contributed by atoms with Crippen molar-refractivity contribution in [2.45, 2.75) is 13.5 Å². The molecule has 0 spiro atoms. The zero-order valence-electron chi connectivity index (χ0n) is 11.1. The highest BCUT2D eigenvalue weighted by molar-refractivity contribution is 5.75. The molecule has 0 aliphatic rings. The molecular formula is C16H16O3. The Morgan fingerprint density at radius 1 is 1.16 bits per heavy atom. The van der Waals surface area contributed by atoms with E-state index in [0.717, 1.165) is 28.9 Å². The summed E-state index contributed by atoms with van der Waals surface area (Å²) in [4.78, 5) is 10.7. The molecule has 19 heavy (non-hydrogen) atoms. The third kappa shape index (κ3) is 3.42. The van der Waals surface area contributed by atoms with Crippen LogP contribution in [0.5, 0.6) is 11.5 Å². The molecule has 0 unspecified atom stereocenters. The maximum atomic E-state index is 10.7. The highest BCUT2D eigenvalue weighted by atomic mass is 16.5. The lowest BCUT2D eigenvalue weighted by Gasteiger charge is -2.10. The Labute approximate surface area is 112 Å². The van der Waals surface area contributed by atoms with Crippen molar-refractivity contribution >= 4 is 6.29 Å². The molecule has 3 heteroatoms. The van der Waals surface area contributed by atoms with Crippen molar-refractivity contribution in [1.29, 1.82) is 0 Å². The van der Waals surface area contributed by atoms with Gasteiger partial charge < -0.3 is 9.47 Å². The van der Waals surface area contributed by atoms with Gasteiger partial charge in [-0.1, -0.05) is 12.1 Å².